The molecular formula is C12H18N2O3S. The van der Waals surface area contributed by atoms with E-state index in [0.717, 1.165) is 28.2 Å². The molecule has 0 aliphatic carbocycles. The molecule has 1 N–H and O–H groups in total. The number of amides is 1. The van der Waals surface area contributed by atoms with Gasteiger partial charge >= 0.3 is 0 Å². The third kappa shape index (κ3) is 4.12. The van der Waals surface area contributed by atoms with Crippen molar-refractivity contribution in [1.82, 2.24) is 4.31 Å². The Hall–Kier alpha value is -1.40. The van der Waals surface area contributed by atoms with Crippen LogP contribution in [0.3, 0.4) is 0 Å². The molecule has 5 nitrogen and oxygen atoms in total. The van der Waals surface area contributed by atoms with Gasteiger partial charge in [-0.25, -0.2) is 8.42 Å². The van der Waals surface area contributed by atoms with Crippen LogP contribution < -0.4 is 5.32 Å². The molecule has 0 saturated heterocycles. The summed E-state index contributed by atoms with van der Waals surface area (Å²) in [5, 5.41) is 2.72. The number of hydrogen-bond acceptors (Lipinski definition) is 3. The van der Waals surface area contributed by atoms with Crippen LogP contribution in [0.5, 0.6) is 0 Å². The maximum Gasteiger partial charge on any atom is 0.239 e. The molecule has 100 valence electrons. The van der Waals surface area contributed by atoms with Crippen LogP contribution in [-0.2, 0) is 21.2 Å². The Morgan fingerprint density at radius 2 is 1.94 bits per heavy atom. The number of nitrogens with zero attached hydrogens (tertiary/aromatic N) is 1. The van der Waals surface area contributed by atoms with Crippen LogP contribution in [0.4, 0.5) is 5.69 Å². The second kappa shape index (κ2) is 5.97. The van der Waals surface area contributed by atoms with Gasteiger partial charge in [0.25, 0.3) is 0 Å². The van der Waals surface area contributed by atoms with Crippen LogP contribution in [0.2, 0.25) is 0 Å². The average molecular weight is 270 g/mol. The standard InChI is InChI=1S/C12H18N2O3S/c1-4-10-7-5-6-8-11(10)13-12(15)9-14(2)18(3,16)17/h5-8H,4,9H2,1-3H3,(H,13,15). The first kappa shape index (κ1) is 14.7. The highest BCUT2D eigenvalue weighted by Crippen LogP contribution is 2.15. The van der Waals surface area contributed by atoms with Crippen molar-refractivity contribution in [2.24, 2.45) is 0 Å². The molecule has 0 aromatic heterocycles. The molecule has 0 aliphatic heterocycles. The molecule has 0 atom stereocenters. The van der Waals surface area contributed by atoms with E-state index in [2.05, 4.69) is 5.32 Å². The molecule has 0 fully saturated rings. The van der Waals surface area contributed by atoms with Gasteiger partial charge in [-0.2, -0.15) is 4.31 Å². The number of aryl methyl sites for hydroxylation is 1. The van der Waals surface area contributed by atoms with Crippen molar-refractivity contribution in [3.63, 3.8) is 0 Å². The molecule has 0 radical (unpaired) electrons. The van der Waals surface area contributed by atoms with E-state index < -0.39 is 10.0 Å². The molecule has 0 saturated carbocycles. The molecule has 0 bridgehead atoms. The lowest BCUT2D eigenvalue weighted by Crippen LogP contribution is -2.34. The van der Waals surface area contributed by atoms with E-state index in [9.17, 15) is 13.2 Å². The topological polar surface area (TPSA) is 66.5 Å². The first-order valence-corrected chi connectivity index (χ1v) is 7.48. The Morgan fingerprint density at radius 3 is 2.50 bits per heavy atom. The number of rotatable bonds is 5. The van der Waals surface area contributed by atoms with Gasteiger partial charge in [0.1, 0.15) is 0 Å². The number of benzene rings is 1. The highest BCUT2D eigenvalue weighted by atomic mass is 32.2. The fourth-order valence-electron chi connectivity index (χ4n) is 1.46. The maximum atomic E-state index is 11.7. The number of hydrogen-bond donors (Lipinski definition) is 1. The number of nitrogens with one attached hydrogen (secondary N) is 1. The zero-order valence-corrected chi connectivity index (χ0v) is 11.6. The molecule has 0 heterocycles. The summed E-state index contributed by atoms with van der Waals surface area (Å²) in [6, 6.07) is 7.46. The van der Waals surface area contributed by atoms with E-state index in [-0.39, 0.29) is 12.5 Å². The van der Waals surface area contributed by atoms with Crippen molar-refractivity contribution in [2.75, 3.05) is 25.2 Å². The third-order valence-corrected chi connectivity index (χ3v) is 3.87. The summed E-state index contributed by atoms with van der Waals surface area (Å²) in [7, 11) is -1.96. The van der Waals surface area contributed by atoms with Crippen LogP contribution in [0, 0.1) is 0 Å². The summed E-state index contributed by atoms with van der Waals surface area (Å²) >= 11 is 0. The van der Waals surface area contributed by atoms with E-state index in [1.807, 2.05) is 25.1 Å². The van der Waals surface area contributed by atoms with Crippen LogP contribution in [-0.4, -0.2) is 38.5 Å². The largest absolute Gasteiger partial charge is 0.325 e. The van der Waals surface area contributed by atoms with Crippen LogP contribution in [0.15, 0.2) is 24.3 Å². The first-order chi connectivity index (χ1) is 8.34. The van der Waals surface area contributed by atoms with Gasteiger partial charge in [-0.15, -0.1) is 0 Å². The molecule has 18 heavy (non-hydrogen) atoms. The molecule has 0 spiro atoms. The van der Waals surface area contributed by atoms with Gasteiger partial charge in [-0.05, 0) is 18.1 Å². The zero-order valence-electron chi connectivity index (χ0n) is 10.8. The number of para-hydroxylation sites is 1. The minimum atomic E-state index is -3.33. The molecule has 1 aromatic carbocycles. The molecule has 6 heteroatoms. The normalized spacial score (nSPS) is 11.6. The van der Waals surface area contributed by atoms with Crippen molar-refractivity contribution >= 4 is 21.6 Å². The van der Waals surface area contributed by atoms with E-state index in [1.54, 1.807) is 6.07 Å². The predicted molar refractivity (Wildman–Crippen MR) is 71.9 cm³/mol. The number of anilines is 1. The van der Waals surface area contributed by atoms with Crippen LogP contribution in [0.25, 0.3) is 0 Å². The van der Waals surface area contributed by atoms with E-state index >= 15 is 0 Å². The summed E-state index contributed by atoms with van der Waals surface area (Å²) in [5.74, 6) is -0.344. The Balaban J connectivity index is 2.71. The molecule has 0 unspecified atom stereocenters. The summed E-state index contributed by atoms with van der Waals surface area (Å²) in [6.07, 6.45) is 1.87. The highest BCUT2D eigenvalue weighted by molar-refractivity contribution is 7.88. The second-order valence-electron chi connectivity index (χ2n) is 4.08. The number of carbonyl (C=O) groups excluding carboxylic acids is 1. The molecule has 0 aliphatic rings. The summed E-state index contributed by atoms with van der Waals surface area (Å²) in [5.41, 5.74) is 1.75. The Labute approximate surface area is 108 Å². The fraction of sp³-hybridized carbons (Fsp3) is 0.417. The monoisotopic (exact) mass is 270 g/mol. The zero-order chi connectivity index (χ0) is 13.8. The molecule has 1 aromatic rings. The van der Waals surface area contributed by atoms with Gasteiger partial charge < -0.3 is 5.32 Å². The van der Waals surface area contributed by atoms with Gasteiger partial charge in [-0.1, -0.05) is 25.1 Å². The Kier molecular flexibility index (Phi) is 4.86. The minimum absolute atomic E-state index is 0.184. The molecular weight excluding hydrogens is 252 g/mol. The van der Waals surface area contributed by atoms with Crippen molar-refractivity contribution in [3.8, 4) is 0 Å². The quantitative estimate of drug-likeness (QED) is 0.870. The van der Waals surface area contributed by atoms with Crippen LogP contribution >= 0.6 is 0 Å². The maximum absolute atomic E-state index is 11.7. The SMILES string of the molecule is CCc1ccccc1NC(=O)CN(C)S(C)(=O)=O. The van der Waals surface area contributed by atoms with E-state index in [4.69, 9.17) is 0 Å². The van der Waals surface area contributed by atoms with Gasteiger partial charge in [0, 0.05) is 12.7 Å². The van der Waals surface area contributed by atoms with Crippen molar-refractivity contribution < 1.29 is 13.2 Å². The van der Waals surface area contributed by atoms with Gasteiger partial charge in [-0.3, -0.25) is 4.79 Å². The molecule has 1 rings (SSSR count). The van der Waals surface area contributed by atoms with Crippen LogP contribution in [0.1, 0.15) is 12.5 Å². The summed E-state index contributed by atoms with van der Waals surface area (Å²) in [4.78, 5) is 11.7. The number of likely N-dealkylation sites (N-methyl/N-ethyl adjacent to an activating group) is 1. The van der Waals surface area contributed by atoms with E-state index in [0.29, 0.717) is 0 Å². The van der Waals surface area contributed by atoms with Gasteiger partial charge in [0.15, 0.2) is 0 Å². The van der Waals surface area contributed by atoms with Crippen molar-refractivity contribution in [3.05, 3.63) is 29.8 Å². The van der Waals surface area contributed by atoms with Gasteiger partial charge in [0.2, 0.25) is 15.9 Å². The lowest BCUT2D eigenvalue weighted by Gasteiger charge is -2.15. The van der Waals surface area contributed by atoms with E-state index in [1.165, 1.54) is 7.05 Å². The van der Waals surface area contributed by atoms with Crippen molar-refractivity contribution in [2.45, 2.75) is 13.3 Å². The highest BCUT2D eigenvalue weighted by Gasteiger charge is 2.15. The van der Waals surface area contributed by atoms with Crippen molar-refractivity contribution in [1.29, 1.82) is 0 Å². The lowest BCUT2D eigenvalue weighted by molar-refractivity contribution is -0.116. The number of carbonyl (C=O) groups is 1. The lowest BCUT2D eigenvalue weighted by atomic mass is 10.1. The van der Waals surface area contributed by atoms with Gasteiger partial charge in [0.05, 0.1) is 12.8 Å². The average Bonchev–Trinajstić information content (AvgIpc) is 2.28. The smallest absolute Gasteiger partial charge is 0.239 e. The predicted octanol–water partition coefficient (Wildman–Crippen LogP) is 1.08. The first-order valence-electron chi connectivity index (χ1n) is 5.63. The third-order valence-electron chi connectivity index (χ3n) is 2.60. The Morgan fingerprint density at radius 1 is 1.33 bits per heavy atom. The minimum Gasteiger partial charge on any atom is -0.325 e. The Bertz CT molecular complexity index is 526. The summed E-state index contributed by atoms with van der Waals surface area (Å²) < 4.78 is 23.4. The fourth-order valence-corrected chi connectivity index (χ4v) is 1.81. The summed E-state index contributed by atoms with van der Waals surface area (Å²) in [6.45, 7) is 1.81. The second-order valence-corrected chi connectivity index (χ2v) is 6.17. The molecule has 1 amide bonds. The number of sulfonamides is 1.